The third-order valence-electron chi connectivity index (χ3n) is 7.24. The molecule has 0 aliphatic carbocycles. The SMILES string of the molecule is CCCCCCCCCCCCCCCCCCCCCCCOCC(COP(=O)(O)OCCN)OC(=O)CCC. The molecule has 2 atom stereocenters. The van der Waals surface area contributed by atoms with Gasteiger partial charge in [0.15, 0.2) is 0 Å². The minimum absolute atomic E-state index is 0.0932. The Morgan fingerprint density at radius 1 is 0.634 bits per heavy atom. The molecule has 0 aliphatic heterocycles. The Balaban J connectivity index is 3.59. The van der Waals surface area contributed by atoms with E-state index in [2.05, 4.69) is 6.92 Å². The molecule has 0 saturated heterocycles. The Hall–Kier alpha value is -0.500. The minimum atomic E-state index is -4.23. The van der Waals surface area contributed by atoms with Crippen LogP contribution in [0.25, 0.3) is 0 Å². The Labute approximate surface area is 252 Å². The number of carbonyl (C=O) groups excluding carboxylic acids is 1. The van der Waals surface area contributed by atoms with Crippen molar-refractivity contribution < 1.29 is 32.8 Å². The van der Waals surface area contributed by atoms with Crippen molar-refractivity contribution in [3.63, 3.8) is 0 Å². The van der Waals surface area contributed by atoms with E-state index in [0.717, 1.165) is 12.8 Å². The van der Waals surface area contributed by atoms with Crippen molar-refractivity contribution in [3.05, 3.63) is 0 Å². The maximum absolute atomic E-state index is 11.9. The van der Waals surface area contributed by atoms with Crippen LogP contribution >= 0.6 is 7.82 Å². The van der Waals surface area contributed by atoms with E-state index in [1.807, 2.05) is 6.92 Å². The molecule has 0 radical (unpaired) electrons. The third-order valence-corrected chi connectivity index (χ3v) is 8.23. The summed E-state index contributed by atoms with van der Waals surface area (Å²) in [5.41, 5.74) is 5.28. The molecule has 0 aromatic carbocycles. The van der Waals surface area contributed by atoms with Crippen LogP contribution in [0.5, 0.6) is 0 Å². The highest BCUT2D eigenvalue weighted by atomic mass is 31.2. The molecule has 0 bridgehead atoms. The van der Waals surface area contributed by atoms with Gasteiger partial charge in [-0.05, 0) is 12.8 Å². The molecule has 0 aliphatic rings. The molecular weight excluding hydrogens is 541 g/mol. The molecule has 0 heterocycles. The first-order valence-corrected chi connectivity index (χ1v) is 18.5. The van der Waals surface area contributed by atoms with E-state index in [4.69, 9.17) is 24.3 Å². The molecule has 0 fully saturated rings. The van der Waals surface area contributed by atoms with Gasteiger partial charge in [-0.2, -0.15) is 0 Å². The summed E-state index contributed by atoms with van der Waals surface area (Å²) in [5, 5.41) is 0. The number of phosphoric acid groups is 1. The van der Waals surface area contributed by atoms with Crippen LogP contribution in [-0.2, 0) is 27.9 Å². The number of esters is 1. The highest BCUT2D eigenvalue weighted by Gasteiger charge is 2.25. The molecule has 9 heteroatoms. The largest absolute Gasteiger partial charge is 0.472 e. The average molecular weight is 608 g/mol. The summed E-state index contributed by atoms with van der Waals surface area (Å²) in [6.07, 6.45) is 28.5. The quantitative estimate of drug-likeness (QED) is 0.0431. The van der Waals surface area contributed by atoms with E-state index in [0.29, 0.717) is 13.0 Å². The van der Waals surface area contributed by atoms with E-state index in [1.165, 1.54) is 122 Å². The summed E-state index contributed by atoms with van der Waals surface area (Å²) < 4.78 is 32.5. The van der Waals surface area contributed by atoms with Crippen molar-refractivity contribution in [2.75, 3.05) is 33.0 Å². The number of rotatable bonds is 33. The van der Waals surface area contributed by atoms with E-state index in [9.17, 15) is 14.3 Å². The summed E-state index contributed by atoms with van der Waals surface area (Å²) in [6.45, 7) is 4.58. The van der Waals surface area contributed by atoms with Crippen LogP contribution in [0.1, 0.15) is 162 Å². The number of ether oxygens (including phenoxy) is 2. The van der Waals surface area contributed by atoms with Gasteiger partial charge in [0.25, 0.3) is 0 Å². The molecule has 0 aromatic rings. The van der Waals surface area contributed by atoms with Gasteiger partial charge in [0.2, 0.25) is 0 Å². The Morgan fingerprint density at radius 2 is 1.07 bits per heavy atom. The zero-order valence-corrected chi connectivity index (χ0v) is 27.7. The lowest BCUT2D eigenvalue weighted by molar-refractivity contribution is -0.154. The summed E-state index contributed by atoms with van der Waals surface area (Å²) in [4.78, 5) is 21.5. The molecule has 246 valence electrons. The third kappa shape index (κ3) is 30.8. The summed E-state index contributed by atoms with van der Waals surface area (Å²) in [6, 6.07) is 0. The predicted octanol–water partition coefficient (Wildman–Crippen LogP) is 9.02. The molecule has 0 aromatic heterocycles. The first-order valence-electron chi connectivity index (χ1n) is 17.0. The van der Waals surface area contributed by atoms with Crippen molar-refractivity contribution in [1.29, 1.82) is 0 Å². The van der Waals surface area contributed by atoms with Gasteiger partial charge in [-0.1, -0.05) is 142 Å². The lowest BCUT2D eigenvalue weighted by Crippen LogP contribution is -2.28. The number of hydrogen-bond donors (Lipinski definition) is 2. The molecule has 0 rings (SSSR count). The number of unbranched alkanes of at least 4 members (excludes halogenated alkanes) is 20. The molecule has 0 spiro atoms. The average Bonchev–Trinajstić information content (AvgIpc) is 2.95. The number of nitrogens with two attached hydrogens (primary N) is 1. The topological polar surface area (TPSA) is 117 Å². The van der Waals surface area contributed by atoms with Gasteiger partial charge in [-0.25, -0.2) is 4.57 Å². The van der Waals surface area contributed by atoms with E-state index < -0.39 is 13.9 Å². The maximum Gasteiger partial charge on any atom is 0.472 e. The zero-order valence-electron chi connectivity index (χ0n) is 26.8. The van der Waals surface area contributed by atoms with Gasteiger partial charge in [0, 0.05) is 19.6 Å². The Bertz CT molecular complexity index is 609. The van der Waals surface area contributed by atoms with Crippen molar-refractivity contribution in [1.82, 2.24) is 0 Å². The van der Waals surface area contributed by atoms with Gasteiger partial charge in [-0.3, -0.25) is 13.8 Å². The summed E-state index contributed by atoms with van der Waals surface area (Å²) >= 11 is 0. The van der Waals surface area contributed by atoms with Crippen LogP contribution < -0.4 is 5.73 Å². The molecule has 41 heavy (non-hydrogen) atoms. The number of hydrogen-bond acceptors (Lipinski definition) is 7. The number of phosphoric ester groups is 1. The molecule has 8 nitrogen and oxygen atoms in total. The second-order valence-corrected chi connectivity index (χ2v) is 12.8. The van der Waals surface area contributed by atoms with Crippen LogP contribution in [-0.4, -0.2) is 49.9 Å². The van der Waals surface area contributed by atoms with Crippen LogP contribution in [0.15, 0.2) is 0 Å². The lowest BCUT2D eigenvalue weighted by Gasteiger charge is -2.19. The van der Waals surface area contributed by atoms with Crippen LogP contribution in [0.3, 0.4) is 0 Å². The molecule has 2 unspecified atom stereocenters. The standard InChI is InChI=1S/C32H66NO7P/c1-3-5-6-7-8-9-10-11-12-13-14-15-16-17-18-19-20-21-22-23-24-27-37-29-31(40-32(34)25-4-2)30-39-41(35,36)38-28-26-33/h31H,3-30,33H2,1-2H3,(H,35,36). The number of carbonyl (C=O) groups is 1. The zero-order chi connectivity index (χ0) is 30.3. The maximum atomic E-state index is 11.9. The summed E-state index contributed by atoms with van der Waals surface area (Å²) in [5.74, 6) is -0.380. The van der Waals surface area contributed by atoms with E-state index in [-0.39, 0.29) is 38.8 Å². The van der Waals surface area contributed by atoms with Gasteiger partial charge < -0.3 is 20.1 Å². The smallest absolute Gasteiger partial charge is 0.457 e. The van der Waals surface area contributed by atoms with Crippen molar-refractivity contribution in [3.8, 4) is 0 Å². The molecular formula is C32H66NO7P. The predicted molar refractivity (Wildman–Crippen MR) is 169 cm³/mol. The molecule has 0 amide bonds. The minimum Gasteiger partial charge on any atom is -0.457 e. The second-order valence-electron chi connectivity index (χ2n) is 11.4. The van der Waals surface area contributed by atoms with Crippen LogP contribution in [0.4, 0.5) is 0 Å². The summed E-state index contributed by atoms with van der Waals surface area (Å²) in [7, 11) is -4.23. The van der Waals surface area contributed by atoms with Crippen LogP contribution in [0, 0.1) is 0 Å². The fraction of sp³-hybridized carbons (Fsp3) is 0.969. The Kier molecular flexibility index (Phi) is 30.6. The van der Waals surface area contributed by atoms with E-state index in [1.54, 1.807) is 0 Å². The van der Waals surface area contributed by atoms with Crippen molar-refractivity contribution in [2.45, 2.75) is 168 Å². The van der Waals surface area contributed by atoms with Gasteiger partial charge in [0.1, 0.15) is 6.10 Å². The fourth-order valence-electron chi connectivity index (χ4n) is 4.80. The molecule has 0 saturated carbocycles. The van der Waals surface area contributed by atoms with Gasteiger partial charge in [0.05, 0.1) is 19.8 Å². The lowest BCUT2D eigenvalue weighted by atomic mass is 10.0. The fourth-order valence-corrected chi connectivity index (χ4v) is 5.56. The van der Waals surface area contributed by atoms with Crippen molar-refractivity contribution >= 4 is 13.8 Å². The Morgan fingerprint density at radius 3 is 1.49 bits per heavy atom. The second kappa shape index (κ2) is 30.9. The first-order chi connectivity index (χ1) is 19.9. The highest BCUT2D eigenvalue weighted by molar-refractivity contribution is 7.47. The van der Waals surface area contributed by atoms with Crippen LogP contribution in [0.2, 0.25) is 0 Å². The van der Waals surface area contributed by atoms with Gasteiger partial charge >= 0.3 is 13.8 Å². The van der Waals surface area contributed by atoms with E-state index >= 15 is 0 Å². The highest BCUT2D eigenvalue weighted by Crippen LogP contribution is 2.43. The molecule has 3 N–H and O–H groups in total. The first kappa shape index (κ1) is 40.5. The monoisotopic (exact) mass is 607 g/mol. The van der Waals surface area contributed by atoms with Crippen molar-refractivity contribution in [2.24, 2.45) is 5.73 Å². The van der Waals surface area contributed by atoms with Gasteiger partial charge in [-0.15, -0.1) is 0 Å². The normalized spacial score (nSPS) is 13.8.